The molecule has 144 valence electrons. The van der Waals surface area contributed by atoms with E-state index in [0.717, 1.165) is 36.7 Å². The maximum atomic E-state index is 13.7. The fourth-order valence-corrected chi connectivity index (χ4v) is 3.25. The highest BCUT2D eigenvalue weighted by atomic mass is 19.1. The van der Waals surface area contributed by atoms with Crippen LogP contribution in [0.15, 0.2) is 42.5 Å². The summed E-state index contributed by atoms with van der Waals surface area (Å²) in [5.41, 5.74) is 0.618. The predicted octanol–water partition coefficient (Wildman–Crippen LogP) is 3.12. The quantitative estimate of drug-likeness (QED) is 0.872. The van der Waals surface area contributed by atoms with Crippen molar-refractivity contribution < 1.29 is 18.3 Å². The molecule has 0 radical (unpaired) electrons. The van der Waals surface area contributed by atoms with Gasteiger partial charge in [-0.05, 0) is 31.2 Å². The maximum absolute atomic E-state index is 13.7. The van der Waals surface area contributed by atoms with Gasteiger partial charge in [0, 0.05) is 26.2 Å². The Kier molecular flexibility index (Phi) is 5.91. The van der Waals surface area contributed by atoms with Crippen LogP contribution in [0.1, 0.15) is 6.92 Å². The van der Waals surface area contributed by atoms with E-state index in [1.807, 2.05) is 29.2 Å². The lowest BCUT2D eigenvalue weighted by molar-refractivity contribution is -0.120. The van der Waals surface area contributed by atoms with Crippen molar-refractivity contribution >= 4 is 17.3 Å². The molecule has 1 amide bonds. The first-order valence-corrected chi connectivity index (χ1v) is 8.88. The summed E-state index contributed by atoms with van der Waals surface area (Å²) in [5.74, 6) is -1.18. The Hall–Kier alpha value is -2.67. The second kappa shape index (κ2) is 8.35. The van der Waals surface area contributed by atoms with Gasteiger partial charge in [0.25, 0.3) is 0 Å². The Morgan fingerprint density at radius 1 is 1.04 bits per heavy atom. The number of carbonyl (C=O) groups excluding carboxylic acids is 1. The van der Waals surface area contributed by atoms with Gasteiger partial charge in [-0.1, -0.05) is 18.2 Å². The molecule has 3 rings (SSSR count). The summed E-state index contributed by atoms with van der Waals surface area (Å²) in [6.45, 7) is 4.52. The zero-order chi connectivity index (χ0) is 19.4. The molecule has 1 aliphatic heterocycles. The number of halogens is 2. The smallest absolute Gasteiger partial charge is 0.241 e. The van der Waals surface area contributed by atoms with E-state index in [9.17, 15) is 13.6 Å². The zero-order valence-corrected chi connectivity index (χ0v) is 15.4. The highest BCUT2D eigenvalue weighted by Gasteiger charge is 2.27. The summed E-state index contributed by atoms with van der Waals surface area (Å²) < 4.78 is 32.9. The van der Waals surface area contributed by atoms with E-state index in [4.69, 9.17) is 4.74 Å². The lowest BCUT2D eigenvalue weighted by Gasteiger charge is -2.38. The van der Waals surface area contributed by atoms with Crippen molar-refractivity contribution in [3.63, 3.8) is 0 Å². The first kappa shape index (κ1) is 19.1. The number of ether oxygens (including phenoxy) is 1. The Balaban J connectivity index is 1.61. The lowest BCUT2D eigenvalue weighted by Crippen LogP contribution is -2.53. The zero-order valence-electron chi connectivity index (χ0n) is 15.4. The third kappa shape index (κ3) is 4.19. The molecule has 1 heterocycles. The van der Waals surface area contributed by atoms with Crippen molar-refractivity contribution in [2.45, 2.75) is 13.0 Å². The topological polar surface area (TPSA) is 44.8 Å². The van der Waals surface area contributed by atoms with Gasteiger partial charge in [0.1, 0.15) is 23.1 Å². The van der Waals surface area contributed by atoms with E-state index in [2.05, 4.69) is 10.2 Å². The van der Waals surface area contributed by atoms with E-state index in [1.54, 1.807) is 14.0 Å². The van der Waals surface area contributed by atoms with Crippen LogP contribution in [0.5, 0.6) is 5.75 Å². The highest BCUT2D eigenvalue weighted by molar-refractivity contribution is 5.94. The van der Waals surface area contributed by atoms with Crippen LogP contribution in [0.4, 0.5) is 20.2 Å². The molecular formula is C20H23F2N3O2. The number of anilines is 2. The summed E-state index contributed by atoms with van der Waals surface area (Å²) in [4.78, 5) is 16.7. The molecule has 0 unspecified atom stereocenters. The summed E-state index contributed by atoms with van der Waals surface area (Å²) in [6.07, 6.45) is 0. The Bertz CT molecular complexity index is 787. The molecule has 1 N–H and O–H groups in total. The molecule has 0 aromatic heterocycles. The maximum Gasteiger partial charge on any atom is 0.241 e. The van der Waals surface area contributed by atoms with Gasteiger partial charge in [-0.3, -0.25) is 9.69 Å². The van der Waals surface area contributed by atoms with Crippen molar-refractivity contribution in [2.24, 2.45) is 0 Å². The summed E-state index contributed by atoms with van der Waals surface area (Å²) in [7, 11) is 1.64. The molecular weight excluding hydrogens is 352 g/mol. The molecule has 0 bridgehead atoms. The van der Waals surface area contributed by atoms with Crippen LogP contribution in [0.25, 0.3) is 0 Å². The molecule has 0 saturated carbocycles. The van der Waals surface area contributed by atoms with Crippen LogP contribution in [0, 0.1) is 11.6 Å². The fraction of sp³-hybridized carbons (Fsp3) is 0.350. The van der Waals surface area contributed by atoms with Crippen molar-refractivity contribution in [2.75, 3.05) is 43.5 Å². The number of nitrogens with one attached hydrogen (secondary N) is 1. The second-order valence-electron chi connectivity index (χ2n) is 6.46. The van der Waals surface area contributed by atoms with Gasteiger partial charge in [-0.2, -0.15) is 0 Å². The second-order valence-corrected chi connectivity index (χ2v) is 6.46. The first-order chi connectivity index (χ1) is 13.0. The fourth-order valence-electron chi connectivity index (χ4n) is 3.25. The number of carbonyl (C=O) groups is 1. The van der Waals surface area contributed by atoms with E-state index < -0.39 is 29.3 Å². The highest BCUT2D eigenvalue weighted by Crippen LogP contribution is 2.28. The summed E-state index contributed by atoms with van der Waals surface area (Å²) in [6, 6.07) is 10.8. The molecule has 27 heavy (non-hydrogen) atoms. The third-order valence-corrected chi connectivity index (χ3v) is 4.88. The Labute approximate surface area is 157 Å². The standard InChI is InChI=1S/C20H23F2N3O2/c1-14(20(26)23-19-15(21)6-5-7-16(19)22)24-10-12-25(13-11-24)17-8-3-4-9-18(17)27-2/h3-9,14H,10-13H2,1-2H3,(H,23,26)/t14-/m0/s1. The molecule has 0 spiro atoms. The molecule has 1 fully saturated rings. The average molecular weight is 375 g/mol. The normalized spacial score (nSPS) is 16.1. The van der Waals surface area contributed by atoms with Crippen molar-refractivity contribution in [3.8, 4) is 5.75 Å². The molecule has 1 atom stereocenters. The first-order valence-electron chi connectivity index (χ1n) is 8.88. The number of nitrogens with zero attached hydrogens (tertiary/aromatic N) is 2. The summed E-state index contributed by atoms with van der Waals surface area (Å²) >= 11 is 0. The number of hydrogen-bond donors (Lipinski definition) is 1. The van der Waals surface area contributed by atoms with E-state index in [-0.39, 0.29) is 0 Å². The number of methoxy groups -OCH3 is 1. The van der Waals surface area contributed by atoms with Crippen LogP contribution in [-0.4, -0.2) is 50.1 Å². The van der Waals surface area contributed by atoms with Crippen LogP contribution < -0.4 is 15.0 Å². The van der Waals surface area contributed by atoms with E-state index in [1.165, 1.54) is 6.07 Å². The molecule has 2 aromatic rings. The monoisotopic (exact) mass is 375 g/mol. The number of piperazine rings is 1. The molecule has 0 aliphatic carbocycles. The third-order valence-electron chi connectivity index (χ3n) is 4.88. The number of para-hydroxylation sites is 3. The van der Waals surface area contributed by atoms with Crippen molar-refractivity contribution in [1.29, 1.82) is 0 Å². The molecule has 7 heteroatoms. The summed E-state index contributed by atoms with van der Waals surface area (Å²) in [5, 5.41) is 2.37. The minimum Gasteiger partial charge on any atom is -0.495 e. The van der Waals surface area contributed by atoms with Gasteiger partial charge in [-0.25, -0.2) is 8.78 Å². The van der Waals surface area contributed by atoms with Crippen molar-refractivity contribution in [3.05, 3.63) is 54.1 Å². The minimum atomic E-state index is -0.781. The van der Waals surface area contributed by atoms with Crippen LogP contribution in [0.3, 0.4) is 0 Å². The molecule has 1 saturated heterocycles. The number of benzene rings is 2. The van der Waals surface area contributed by atoms with Gasteiger partial charge in [-0.15, -0.1) is 0 Å². The van der Waals surface area contributed by atoms with Crippen LogP contribution in [-0.2, 0) is 4.79 Å². The molecule has 5 nitrogen and oxygen atoms in total. The van der Waals surface area contributed by atoms with Gasteiger partial charge in [0.2, 0.25) is 5.91 Å². The van der Waals surface area contributed by atoms with E-state index >= 15 is 0 Å². The molecule has 2 aromatic carbocycles. The predicted molar refractivity (Wildman–Crippen MR) is 101 cm³/mol. The minimum absolute atomic E-state index is 0.401. The van der Waals surface area contributed by atoms with Crippen LogP contribution >= 0.6 is 0 Å². The lowest BCUT2D eigenvalue weighted by atomic mass is 10.2. The van der Waals surface area contributed by atoms with Gasteiger partial charge >= 0.3 is 0 Å². The van der Waals surface area contributed by atoms with Gasteiger partial charge < -0.3 is 15.0 Å². The number of hydrogen-bond acceptors (Lipinski definition) is 4. The largest absolute Gasteiger partial charge is 0.495 e. The molecule has 1 aliphatic rings. The number of amides is 1. The van der Waals surface area contributed by atoms with Gasteiger partial charge in [0.15, 0.2) is 0 Å². The van der Waals surface area contributed by atoms with Crippen LogP contribution in [0.2, 0.25) is 0 Å². The van der Waals surface area contributed by atoms with Crippen molar-refractivity contribution in [1.82, 2.24) is 4.90 Å². The Morgan fingerprint density at radius 3 is 2.30 bits per heavy atom. The van der Waals surface area contributed by atoms with Gasteiger partial charge in [0.05, 0.1) is 18.8 Å². The Morgan fingerprint density at radius 2 is 1.67 bits per heavy atom. The SMILES string of the molecule is COc1ccccc1N1CCN([C@@H](C)C(=O)Nc2c(F)cccc2F)CC1. The number of rotatable bonds is 5. The average Bonchev–Trinajstić information content (AvgIpc) is 2.70. The van der Waals surface area contributed by atoms with E-state index in [0.29, 0.717) is 13.1 Å².